The molecule has 0 radical (unpaired) electrons. The fourth-order valence-corrected chi connectivity index (χ4v) is 3.97. The molecule has 0 fully saturated rings. The number of amides is 1. The number of fused-ring (bicyclic) bond motifs is 2. The van der Waals surface area contributed by atoms with Gasteiger partial charge in [-0.1, -0.05) is 34.1 Å². The van der Waals surface area contributed by atoms with Gasteiger partial charge in [-0.3, -0.25) is 4.79 Å². The largest absolute Gasteiger partial charge is 0.326 e. The summed E-state index contributed by atoms with van der Waals surface area (Å²) in [4.78, 5) is 12.1. The first-order valence-electron chi connectivity index (χ1n) is 7.42. The Kier molecular flexibility index (Phi) is 3.11. The summed E-state index contributed by atoms with van der Waals surface area (Å²) in [6, 6.07) is 12.8. The van der Waals surface area contributed by atoms with E-state index in [9.17, 15) is 4.79 Å². The molecule has 2 aromatic rings. The summed E-state index contributed by atoms with van der Waals surface area (Å²) in [5, 5.41) is 3.05. The van der Waals surface area contributed by atoms with Crippen molar-refractivity contribution in [2.75, 3.05) is 5.32 Å². The second kappa shape index (κ2) is 4.99. The van der Waals surface area contributed by atoms with Gasteiger partial charge in [-0.15, -0.1) is 0 Å². The highest BCUT2D eigenvalue weighted by Crippen LogP contribution is 2.40. The van der Waals surface area contributed by atoms with E-state index in [0.29, 0.717) is 6.42 Å². The van der Waals surface area contributed by atoms with Crippen LogP contribution in [0.4, 0.5) is 5.69 Å². The highest BCUT2D eigenvalue weighted by Gasteiger charge is 2.28. The number of rotatable bonds is 1. The Morgan fingerprint density at radius 2 is 1.90 bits per heavy atom. The van der Waals surface area contributed by atoms with Gasteiger partial charge in [0.25, 0.3) is 0 Å². The molecule has 4 rings (SSSR count). The maximum Gasteiger partial charge on any atom is 0.225 e. The van der Waals surface area contributed by atoms with Crippen molar-refractivity contribution in [2.45, 2.75) is 31.6 Å². The fourth-order valence-electron chi connectivity index (χ4n) is 3.56. The first-order valence-corrected chi connectivity index (χ1v) is 8.21. The van der Waals surface area contributed by atoms with E-state index in [1.54, 1.807) is 0 Å². The summed E-state index contributed by atoms with van der Waals surface area (Å²) in [5.41, 5.74) is 6.36. The number of anilines is 1. The van der Waals surface area contributed by atoms with Gasteiger partial charge in [0.1, 0.15) is 0 Å². The Labute approximate surface area is 132 Å². The number of hydrogen-bond acceptors (Lipinski definition) is 1. The van der Waals surface area contributed by atoms with Gasteiger partial charge in [0, 0.05) is 22.5 Å². The molecule has 0 aromatic heterocycles. The molecule has 1 heterocycles. The van der Waals surface area contributed by atoms with Crippen LogP contribution in [0.5, 0.6) is 0 Å². The molecule has 3 heteroatoms. The number of hydrogen-bond donors (Lipinski definition) is 1. The van der Waals surface area contributed by atoms with Gasteiger partial charge < -0.3 is 5.32 Å². The van der Waals surface area contributed by atoms with Crippen molar-refractivity contribution in [2.24, 2.45) is 0 Å². The van der Waals surface area contributed by atoms with E-state index in [-0.39, 0.29) is 11.8 Å². The van der Waals surface area contributed by atoms with Crippen LogP contribution in [0.1, 0.15) is 41.0 Å². The van der Waals surface area contributed by atoms with E-state index < -0.39 is 0 Å². The SMILES string of the molecule is O=C1C[C@@H](c2cccc(Br)c2)c2cc3c(cc2N1)CCC3. The molecular weight excluding hydrogens is 326 g/mol. The third kappa shape index (κ3) is 2.30. The summed E-state index contributed by atoms with van der Waals surface area (Å²) >= 11 is 3.53. The average molecular weight is 342 g/mol. The minimum Gasteiger partial charge on any atom is -0.326 e. The monoisotopic (exact) mass is 341 g/mol. The predicted octanol–water partition coefficient (Wildman–Crippen LogP) is 4.41. The molecule has 1 N–H and O–H groups in total. The van der Waals surface area contributed by atoms with Gasteiger partial charge in [-0.25, -0.2) is 0 Å². The molecular formula is C18H16BrNO. The number of carbonyl (C=O) groups is 1. The van der Waals surface area contributed by atoms with E-state index in [1.807, 2.05) is 12.1 Å². The van der Waals surface area contributed by atoms with Crippen LogP contribution < -0.4 is 5.32 Å². The third-order valence-electron chi connectivity index (χ3n) is 4.55. The minimum absolute atomic E-state index is 0.116. The normalized spacial score (nSPS) is 19.9. The van der Waals surface area contributed by atoms with Gasteiger partial charge in [0.2, 0.25) is 5.91 Å². The van der Waals surface area contributed by atoms with E-state index in [4.69, 9.17) is 0 Å². The zero-order chi connectivity index (χ0) is 14.4. The molecule has 0 saturated carbocycles. The van der Waals surface area contributed by atoms with Gasteiger partial charge in [0.05, 0.1) is 0 Å². The molecule has 2 nitrogen and oxygen atoms in total. The average Bonchev–Trinajstić information content (AvgIpc) is 2.91. The zero-order valence-electron chi connectivity index (χ0n) is 11.7. The quantitative estimate of drug-likeness (QED) is 0.817. The number of nitrogens with one attached hydrogen (secondary N) is 1. The second-order valence-electron chi connectivity index (χ2n) is 5.92. The zero-order valence-corrected chi connectivity index (χ0v) is 13.2. The van der Waals surface area contributed by atoms with E-state index in [2.05, 4.69) is 45.5 Å². The van der Waals surface area contributed by atoms with Crippen molar-refractivity contribution in [1.82, 2.24) is 0 Å². The van der Waals surface area contributed by atoms with Crippen molar-refractivity contribution >= 4 is 27.5 Å². The van der Waals surface area contributed by atoms with E-state index in [1.165, 1.54) is 35.1 Å². The summed E-state index contributed by atoms with van der Waals surface area (Å²) in [7, 11) is 0. The van der Waals surface area contributed by atoms with Crippen LogP contribution in [0.25, 0.3) is 0 Å². The molecule has 1 aliphatic heterocycles. The Bertz CT molecular complexity index is 738. The Morgan fingerprint density at radius 1 is 1.10 bits per heavy atom. The van der Waals surface area contributed by atoms with Crippen LogP contribution in [-0.2, 0) is 17.6 Å². The maximum atomic E-state index is 12.1. The van der Waals surface area contributed by atoms with Crippen LogP contribution in [0.2, 0.25) is 0 Å². The van der Waals surface area contributed by atoms with Crippen molar-refractivity contribution in [3.8, 4) is 0 Å². The second-order valence-corrected chi connectivity index (χ2v) is 6.84. The van der Waals surface area contributed by atoms with Crippen LogP contribution in [-0.4, -0.2) is 5.91 Å². The van der Waals surface area contributed by atoms with Crippen LogP contribution in [0.3, 0.4) is 0 Å². The first kappa shape index (κ1) is 13.1. The van der Waals surface area contributed by atoms with E-state index >= 15 is 0 Å². The summed E-state index contributed by atoms with van der Waals surface area (Å²) in [6.45, 7) is 0. The molecule has 0 spiro atoms. The smallest absolute Gasteiger partial charge is 0.225 e. The molecule has 106 valence electrons. The van der Waals surface area contributed by atoms with Crippen molar-refractivity contribution < 1.29 is 4.79 Å². The Hall–Kier alpha value is -1.61. The van der Waals surface area contributed by atoms with Gasteiger partial charge in [-0.2, -0.15) is 0 Å². The van der Waals surface area contributed by atoms with E-state index in [0.717, 1.165) is 16.6 Å². The maximum absolute atomic E-state index is 12.1. The van der Waals surface area contributed by atoms with Crippen molar-refractivity contribution in [3.63, 3.8) is 0 Å². The molecule has 1 aliphatic carbocycles. The molecule has 1 amide bonds. The standard InChI is InChI=1S/C18H16BrNO/c19-14-6-2-5-13(7-14)15-10-18(21)20-17-9-12-4-1-3-11(12)8-16(15)17/h2,5-9,15H,1,3-4,10H2,(H,20,21)/t15-/m0/s1. The number of benzene rings is 2. The number of aryl methyl sites for hydroxylation is 2. The topological polar surface area (TPSA) is 29.1 Å². The third-order valence-corrected chi connectivity index (χ3v) is 5.05. The minimum atomic E-state index is 0.116. The predicted molar refractivity (Wildman–Crippen MR) is 87.7 cm³/mol. The molecule has 2 aromatic carbocycles. The lowest BCUT2D eigenvalue weighted by molar-refractivity contribution is -0.116. The number of carbonyl (C=O) groups excluding carboxylic acids is 1. The highest BCUT2D eigenvalue weighted by molar-refractivity contribution is 9.10. The molecule has 0 bridgehead atoms. The molecule has 0 unspecified atom stereocenters. The fraction of sp³-hybridized carbons (Fsp3) is 0.278. The van der Waals surface area contributed by atoms with Gasteiger partial charge in [0.15, 0.2) is 0 Å². The number of halogens is 1. The molecule has 0 saturated heterocycles. The van der Waals surface area contributed by atoms with Crippen molar-refractivity contribution in [1.29, 1.82) is 0 Å². The molecule has 21 heavy (non-hydrogen) atoms. The lowest BCUT2D eigenvalue weighted by Crippen LogP contribution is -2.23. The van der Waals surface area contributed by atoms with Gasteiger partial charge in [-0.05, 0) is 59.7 Å². The summed E-state index contributed by atoms with van der Waals surface area (Å²) < 4.78 is 1.06. The van der Waals surface area contributed by atoms with Crippen LogP contribution in [0.15, 0.2) is 40.9 Å². The Balaban J connectivity index is 1.85. The van der Waals surface area contributed by atoms with Gasteiger partial charge >= 0.3 is 0 Å². The van der Waals surface area contributed by atoms with Crippen LogP contribution >= 0.6 is 15.9 Å². The lowest BCUT2D eigenvalue weighted by atomic mass is 9.83. The summed E-state index contributed by atoms with van der Waals surface area (Å²) in [5.74, 6) is 0.280. The van der Waals surface area contributed by atoms with Crippen LogP contribution in [0, 0.1) is 0 Å². The Morgan fingerprint density at radius 3 is 2.71 bits per heavy atom. The summed E-state index contributed by atoms with van der Waals surface area (Å²) in [6.07, 6.45) is 4.07. The first-order chi connectivity index (χ1) is 10.2. The molecule has 1 atom stereocenters. The lowest BCUT2D eigenvalue weighted by Gasteiger charge is -2.27. The highest BCUT2D eigenvalue weighted by atomic mass is 79.9. The molecule has 2 aliphatic rings. The van der Waals surface area contributed by atoms with Crippen molar-refractivity contribution in [3.05, 3.63) is 63.1 Å².